The summed E-state index contributed by atoms with van der Waals surface area (Å²) < 4.78 is 10.5. The van der Waals surface area contributed by atoms with Gasteiger partial charge < -0.3 is 20.1 Å². The first-order valence-corrected chi connectivity index (χ1v) is 6.94. The molecule has 2 N–H and O–H groups in total. The second-order valence-electron chi connectivity index (χ2n) is 5.00. The van der Waals surface area contributed by atoms with Crippen LogP contribution in [-0.4, -0.2) is 38.2 Å². The predicted molar refractivity (Wildman–Crippen MR) is 78.3 cm³/mol. The predicted octanol–water partition coefficient (Wildman–Crippen LogP) is 1.24. The van der Waals surface area contributed by atoms with Crippen LogP contribution >= 0.6 is 0 Å². The standard InChI is InChI=1S/C15H20N2O4/c1-10-4-5-12-11(8-10)17-15(19)13(21-12)9-14(18)16-6-3-7-20-2/h4-5,8,13H,3,6-7,9H2,1-2H3,(H,16,18)(H,17,19)/t13-/m0/s1. The molecule has 1 heterocycles. The van der Waals surface area contributed by atoms with Crippen LogP contribution in [0.5, 0.6) is 5.75 Å². The van der Waals surface area contributed by atoms with Gasteiger partial charge in [-0.25, -0.2) is 0 Å². The minimum absolute atomic E-state index is 0.00608. The number of nitrogens with one attached hydrogen (secondary N) is 2. The maximum absolute atomic E-state index is 11.9. The van der Waals surface area contributed by atoms with Crippen LogP contribution in [0.2, 0.25) is 0 Å². The second kappa shape index (κ2) is 7.08. The Labute approximate surface area is 123 Å². The maximum Gasteiger partial charge on any atom is 0.266 e. The summed E-state index contributed by atoms with van der Waals surface area (Å²) in [5.74, 6) is 0.0966. The van der Waals surface area contributed by atoms with Gasteiger partial charge in [0.1, 0.15) is 5.75 Å². The first kappa shape index (κ1) is 15.3. The summed E-state index contributed by atoms with van der Waals surface area (Å²) in [5.41, 5.74) is 1.68. The van der Waals surface area contributed by atoms with Gasteiger partial charge in [-0.2, -0.15) is 0 Å². The fourth-order valence-electron chi connectivity index (χ4n) is 2.08. The summed E-state index contributed by atoms with van der Waals surface area (Å²) in [4.78, 5) is 23.7. The fraction of sp³-hybridized carbons (Fsp3) is 0.467. The van der Waals surface area contributed by atoms with Crippen molar-refractivity contribution in [3.05, 3.63) is 23.8 Å². The fourth-order valence-corrected chi connectivity index (χ4v) is 2.08. The lowest BCUT2D eigenvalue weighted by Crippen LogP contribution is -2.41. The molecule has 1 aliphatic rings. The smallest absolute Gasteiger partial charge is 0.266 e. The lowest BCUT2D eigenvalue weighted by molar-refractivity contribution is -0.130. The minimum atomic E-state index is -0.789. The molecule has 6 nitrogen and oxygen atoms in total. The Morgan fingerprint density at radius 1 is 1.48 bits per heavy atom. The van der Waals surface area contributed by atoms with Gasteiger partial charge in [0.25, 0.3) is 5.91 Å². The first-order valence-electron chi connectivity index (χ1n) is 6.94. The zero-order valence-corrected chi connectivity index (χ0v) is 12.3. The van der Waals surface area contributed by atoms with Gasteiger partial charge in [-0.05, 0) is 31.0 Å². The third-order valence-electron chi connectivity index (χ3n) is 3.17. The van der Waals surface area contributed by atoms with Gasteiger partial charge in [0.2, 0.25) is 5.91 Å². The number of anilines is 1. The largest absolute Gasteiger partial charge is 0.478 e. The van der Waals surface area contributed by atoms with Crippen molar-refractivity contribution in [2.24, 2.45) is 0 Å². The number of hydrogen-bond acceptors (Lipinski definition) is 4. The van der Waals surface area contributed by atoms with Crippen LogP contribution in [-0.2, 0) is 14.3 Å². The molecule has 0 saturated carbocycles. The Morgan fingerprint density at radius 3 is 3.05 bits per heavy atom. The van der Waals surface area contributed by atoms with Gasteiger partial charge >= 0.3 is 0 Å². The van der Waals surface area contributed by atoms with E-state index in [0.29, 0.717) is 24.6 Å². The molecule has 1 aromatic rings. The Kier molecular flexibility index (Phi) is 5.16. The average molecular weight is 292 g/mol. The van der Waals surface area contributed by atoms with E-state index in [1.807, 2.05) is 19.1 Å². The number of amides is 2. The van der Waals surface area contributed by atoms with Gasteiger partial charge in [0.05, 0.1) is 12.1 Å². The molecule has 114 valence electrons. The van der Waals surface area contributed by atoms with Crippen molar-refractivity contribution >= 4 is 17.5 Å². The van der Waals surface area contributed by atoms with Crippen LogP contribution in [0.1, 0.15) is 18.4 Å². The zero-order chi connectivity index (χ0) is 15.2. The molecule has 1 aromatic carbocycles. The highest BCUT2D eigenvalue weighted by Gasteiger charge is 2.29. The molecule has 0 unspecified atom stereocenters. The Bertz CT molecular complexity index is 530. The maximum atomic E-state index is 11.9. The Morgan fingerprint density at radius 2 is 2.29 bits per heavy atom. The molecule has 0 spiro atoms. The second-order valence-corrected chi connectivity index (χ2v) is 5.00. The van der Waals surface area contributed by atoms with Crippen LogP contribution in [0.4, 0.5) is 5.69 Å². The van der Waals surface area contributed by atoms with E-state index in [2.05, 4.69) is 10.6 Å². The highest BCUT2D eigenvalue weighted by Crippen LogP contribution is 2.30. The highest BCUT2D eigenvalue weighted by atomic mass is 16.5. The normalized spacial score (nSPS) is 16.7. The van der Waals surface area contributed by atoms with Crippen molar-refractivity contribution < 1.29 is 19.1 Å². The molecule has 0 saturated heterocycles. The third-order valence-corrected chi connectivity index (χ3v) is 3.17. The molecular weight excluding hydrogens is 272 g/mol. The van der Waals surface area contributed by atoms with Crippen molar-refractivity contribution in [2.75, 3.05) is 25.6 Å². The van der Waals surface area contributed by atoms with Crippen molar-refractivity contribution in [3.63, 3.8) is 0 Å². The monoisotopic (exact) mass is 292 g/mol. The zero-order valence-electron chi connectivity index (χ0n) is 12.3. The molecule has 1 aliphatic heterocycles. The van der Waals surface area contributed by atoms with Gasteiger partial charge in [-0.3, -0.25) is 9.59 Å². The number of hydrogen-bond donors (Lipinski definition) is 2. The minimum Gasteiger partial charge on any atom is -0.478 e. The molecule has 0 aliphatic carbocycles. The van der Waals surface area contributed by atoms with E-state index < -0.39 is 6.10 Å². The molecule has 2 amide bonds. The van der Waals surface area contributed by atoms with E-state index in [0.717, 1.165) is 12.0 Å². The topological polar surface area (TPSA) is 76.7 Å². The number of fused-ring (bicyclic) bond motifs is 1. The Balaban J connectivity index is 1.88. The van der Waals surface area contributed by atoms with Gasteiger partial charge in [-0.15, -0.1) is 0 Å². The molecule has 21 heavy (non-hydrogen) atoms. The van der Waals surface area contributed by atoms with Crippen LogP contribution in [0, 0.1) is 6.92 Å². The van der Waals surface area contributed by atoms with Crippen LogP contribution in [0.3, 0.4) is 0 Å². The van der Waals surface area contributed by atoms with Crippen LogP contribution in [0.25, 0.3) is 0 Å². The number of carbonyl (C=O) groups excluding carboxylic acids is 2. The van der Waals surface area contributed by atoms with Gasteiger partial charge in [0.15, 0.2) is 6.10 Å². The van der Waals surface area contributed by atoms with E-state index in [-0.39, 0.29) is 18.2 Å². The van der Waals surface area contributed by atoms with E-state index in [4.69, 9.17) is 9.47 Å². The number of methoxy groups -OCH3 is 1. The van der Waals surface area contributed by atoms with Crippen LogP contribution < -0.4 is 15.4 Å². The lowest BCUT2D eigenvalue weighted by Gasteiger charge is -2.25. The summed E-state index contributed by atoms with van der Waals surface area (Å²) in [5, 5.41) is 5.51. The summed E-state index contributed by atoms with van der Waals surface area (Å²) in [6.45, 7) is 3.05. The van der Waals surface area contributed by atoms with E-state index in [9.17, 15) is 9.59 Å². The lowest BCUT2D eigenvalue weighted by atomic mass is 10.1. The molecule has 0 aromatic heterocycles. The molecule has 0 bridgehead atoms. The van der Waals surface area contributed by atoms with Gasteiger partial charge in [0, 0.05) is 20.3 Å². The van der Waals surface area contributed by atoms with E-state index in [1.165, 1.54) is 0 Å². The number of benzene rings is 1. The van der Waals surface area contributed by atoms with Crippen LogP contribution in [0.15, 0.2) is 18.2 Å². The van der Waals surface area contributed by atoms with Crippen molar-refractivity contribution in [1.82, 2.24) is 5.32 Å². The molecule has 1 atom stereocenters. The van der Waals surface area contributed by atoms with E-state index in [1.54, 1.807) is 13.2 Å². The number of ether oxygens (including phenoxy) is 2. The Hall–Kier alpha value is -2.08. The quantitative estimate of drug-likeness (QED) is 0.773. The first-order chi connectivity index (χ1) is 10.1. The van der Waals surface area contributed by atoms with E-state index >= 15 is 0 Å². The highest BCUT2D eigenvalue weighted by molar-refractivity contribution is 6.00. The number of carbonyl (C=O) groups is 2. The number of rotatable bonds is 6. The van der Waals surface area contributed by atoms with Gasteiger partial charge in [-0.1, -0.05) is 6.07 Å². The summed E-state index contributed by atoms with van der Waals surface area (Å²) >= 11 is 0. The number of aryl methyl sites for hydroxylation is 1. The summed E-state index contributed by atoms with van der Waals surface area (Å²) in [7, 11) is 1.61. The molecule has 0 fully saturated rings. The summed E-state index contributed by atoms with van der Waals surface area (Å²) in [6, 6.07) is 5.54. The van der Waals surface area contributed by atoms with Crippen molar-refractivity contribution in [1.29, 1.82) is 0 Å². The molecule has 0 radical (unpaired) electrons. The summed E-state index contributed by atoms with van der Waals surface area (Å²) in [6.07, 6.45) is -0.0450. The average Bonchev–Trinajstić information content (AvgIpc) is 2.45. The molecular formula is C15H20N2O4. The molecule has 6 heteroatoms. The SMILES string of the molecule is COCCCNC(=O)C[C@@H]1Oc2ccc(C)cc2NC1=O. The third kappa shape index (κ3) is 4.19. The van der Waals surface area contributed by atoms with Crippen molar-refractivity contribution in [3.8, 4) is 5.75 Å². The molecule has 2 rings (SSSR count). The van der Waals surface area contributed by atoms with Crippen molar-refractivity contribution in [2.45, 2.75) is 25.9 Å².